The third-order valence-corrected chi connectivity index (χ3v) is 3.06. The van der Waals surface area contributed by atoms with Crippen molar-refractivity contribution in [2.24, 2.45) is 11.8 Å². The van der Waals surface area contributed by atoms with Crippen molar-refractivity contribution in [2.75, 3.05) is 6.54 Å². The number of hydrogen-bond acceptors (Lipinski definition) is 2. The highest BCUT2D eigenvalue weighted by Crippen LogP contribution is 2.31. The van der Waals surface area contributed by atoms with Gasteiger partial charge in [0, 0.05) is 0 Å². The highest BCUT2D eigenvalue weighted by molar-refractivity contribution is 5.09. The Morgan fingerprint density at radius 3 is 2.79 bits per heavy atom. The van der Waals surface area contributed by atoms with Crippen molar-refractivity contribution in [2.45, 2.75) is 52.0 Å². The van der Waals surface area contributed by atoms with Crippen LogP contribution in [0.3, 0.4) is 0 Å². The molecule has 1 aliphatic rings. The molecule has 1 N–H and O–H groups in total. The van der Waals surface area contributed by atoms with Gasteiger partial charge in [-0.1, -0.05) is 33.6 Å². The molecule has 0 spiro atoms. The SMILES string of the molecule is CC(C)CNC1(C#N)CCCC(C)C1. The molecule has 0 amide bonds. The molecule has 2 heteroatoms. The van der Waals surface area contributed by atoms with E-state index in [9.17, 15) is 5.26 Å². The second-order valence-electron chi connectivity index (χ2n) is 5.17. The molecule has 2 atom stereocenters. The van der Waals surface area contributed by atoms with E-state index in [2.05, 4.69) is 32.2 Å². The monoisotopic (exact) mass is 194 g/mol. The molecule has 0 bridgehead atoms. The van der Waals surface area contributed by atoms with Crippen LogP contribution in [-0.4, -0.2) is 12.1 Å². The van der Waals surface area contributed by atoms with Crippen molar-refractivity contribution in [1.82, 2.24) is 5.32 Å². The first-order valence-corrected chi connectivity index (χ1v) is 5.74. The van der Waals surface area contributed by atoms with Gasteiger partial charge in [0.2, 0.25) is 0 Å². The van der Waals surface area contributed by atoms with E-state index in [0.29, 0.717) is 11.8 Å². The summed E-state index contributed by atoms with van der Waals surface area (Å²) in [6.07, 6.45) is 4.53. The van der Waals surface area contributed by atoms with Crippen LogP contribution in [0.15, 0.2) is 0 Å². The summed E-state index contributed by atoms with van der Waals surface area (Å²) < 4.78 is 0. The van der Waals surface area contributed by atoms with Crippen molar-refractivity contribution in [3.05, 3.63) is 0 Å². The van der Waals surface area contributed by atoms with Crippen molar-refractivity contribution in [1.29, 1.82) is 5.26 Å². The maximum Gasteiger partial charge on any atom is 0.107 e. The van der Waals surface area contributed by atoms with Crippen LogP contribution < -0.4 is 5.32 Å². The molecule has 80 valence electrons. The van der Waals surface area contributed by atoms with E-state index >= 15 is 0 Å². The first-order valence-electron chi connectivity index (χ1n) is 5.74. The summed E-state index contributed by atoms with van der Waals surface area (Å²) in [6, 6.07) is 2.49. The largest absolute Gasteiger partial charge is 0.299 e. The van der Waals surface area contributed by atoms with Crippen LogP contribution in [0.4, 0.5) is 0 Å². The number of hydrogen-bond donors (Lipinski definition) is 1. The molecule has 0 aromatic carbocycles. The predicted molar refractivity (Wildman–Crippen MR) is 58.8 cm³/mol. The van der Waals surface area contributed by atoms with E-state index in [0.717, 1.165) is 19.4 Å². The molecule has 0 radical (unpaired) electrons. The fourth-order valence-electron chi connectivity index (χ4n) is 2.25. The Labute approximate surface area is 87.7 Å². The normalized spacial score (nSPS) is 32.9. The van der Waals surface area contributed by atoms with Gasteiger partial charge in [-0.2, -0.15) is 5.26 Å². The van der Waals surface area contributed by atoms with E-state index in [1.807, 2.05) is 0 Å². The Kier molecular flexibility index (Phi) is 3.95. The second-order valence-corrected chi connectivity index (χ2v) is 5.17. The molecule has 1 rings (SSSR count). The first-order chi connectivity index (χ1) is 6.58. The number of nitrogens with one attached hydrogen (secondary N) is 1. The highest BCUT2D eigenvalue weighted by Gasteiger charge is 2.34. The van der Waals surface area contributed by atoms with Crippen molar-refractivity contribution in [3.8, 4) is 6.07 Å². The smallest absolute Gasteiger partial charge is 0.107 e. The number of nitriles is 1. The van der Waals surface area contributed by atoms with E-state index in [1.54, 1.807) is 0 Å². The summed E-state index contributed by atoms with van der Waals surface area (Å²) in [5, 5.41) is 12.7. The molecule has 2 nitrogen and oxygen atoms in total. The zero-order valence-electron chi connectivity index (χ0n) is 9.64. The Morgan fingerprint density at radius 1 is 1.57 bits per heavy atom. The van der Waals surface area contributed by atoms with E-state index in [4.69, 9.17) is 0 Å². The molecule has 0 heterocycles. The summed E-state index contributed by atoms with van der Waals surface area (Å²) in [5.74, 6) is 1.32. The molecule has 0 saturated heterocycles. The number of rotatable bonds is 3. The van der Waals surface area contributed by atoms with Crippen molar-refractivity contribution >= 4 is 0 Å². The lowest BCUT2D eigenvalue weighted by Gasteiger charge is -2.35. The lowest BCUT2D eigenvalue weighted by molar-refractivity contribution is 0.235. The van der Waals surface area contributed by atoms with Gasteiger partial charge in [-0.05, 0) is 31.2 Å². The second kappa shape index (κ2) is 4.79. The standard InChI is InChI=1S/C12H22N2/c1-10(2)8-14-12(9-13)6-4-5-11(3)7-12/h10-11,14H,4-8H2,1-3H3. The summed E-state index contributed by atoms with van der Waals surface area (Å²) in [7, 11) is 0. The topological polar surface area (TPSA) is 35.8 Å². The quantitative estimate of drug-likeness (QED) is 0.750. The van der Waals surface area contributed by atoms with Gasteiger partial charge in [0.05, 0.1) is 6.07 Å². The maximum absolute atomic E-state index is 9.26. The van der Waals surface area contributed by atoms with Gasteiger partial charge in [-0.25, -0.2) is 0 Å². The lowest BCUT2D eigenvalue weighted by atomic mass is 9.77. The molecule has 1 saturated carbocycles. The minimum absolute atomic E-state index is 0.220. The molecule has 1 aliphatic carbocycles. The fraction of sp³-hybridized carbons (Fsp3) is 0.917. The summed E-state index contributed by atoms with van der Waals surface area (Å²) in [4.78, 5) is 0. The van der Waals surface area contributed by atoms with Gasteiger partial charge >= 0.3 is 0 Å². The van der Waals surface area contributed by atoms with Crippen LogP contribution in [0, 0.1) is 23.2 Å². The molecule has 0 aliphatic heterocycles. The summed E-state index contributed by atoms with van der Waals surface area (Å²) in [5.41, 5.74) is -0.220. The van der Waals surface area contributed by atoms with Crippen molar-refractivity contribution in [3.63, 3.8) is 0 Å². The molecular weight excluding hydrogens is 172 g/mol. The predicted octanol–water partition coefficient (Wildman–Crippen LogP) is 2.70. The lowest BCUT2D eigenvalue weighted by Crippen LogP contribution is -2.48. The Bertz CT molecular complexity index is 217. The van der Waals surface area contributed by atoms with Gasteiger partial charge in [0.25, 0.3) is 0 Å². The molecule has 2 unspecified atom stereocenters. The Balaban J connectivity index is 2.53. The Hall–Kier alpha value is -0.550. The van der Waals surface area contributed by atoms with Crippen LogP contribution in [0.2, 0.25) is 0 Å². The van der Waals surface area contributed by atoms with Crippen LogP contribution in [0.25, 0.3) is 0 Å². The molecule has 0 aromatic rings. The van der Waals surface area contributed by atoms with E-state index < -0.39 is 0 Å². The molecule has 1 fully saturated rings. The van der Waals surface area contributed by atoms with E-state index in [-0.39, 0.29) is 5.54 Å². The third kappa shape index (κ3) is 2.99. The Morgan fingerprint density at radius 2 is 2.29 bits per heavy atom. The summed E-state index contributed by atoms with van der Waals surface area (Å²) in [6.45, 7) is 7.58. The van der Waals surface area contributed by atoms with Crippen LogP contribution >= 0.6 is 0 Å². The fourth-order valence-corrected chi connectivity index (χ4v) is 2.25. The van der Waals surface area contributed by atoms with Gasteiger partial charge in [-0.3, -0.25) is 5.32 Å². The van der Waals surface area contributed by atoms with Crippen LogP contribution in [0.5, 0.6) is 0 Å². The van der Waals surface area contributed by atoms with Gasteiger partial charge in [-0.15, -0.1) is 0 Å². The average molecular weight is 194 g/mol. The van der Waals surface area contributed by atoms with Crippen LogP contribution in [-0.2, 0) is 0 Å². The molecule has 0 aromatic heterocycles. The average Bonchev–Trinajstić information content (AvgIpc) is 2.15. The molecule has 14 heavy (non-hydrogen) atoms. The van der Waals surface area contributed by atoms with Crippen molar-refractivity contribution < 1.29 is 0 Å². The first kappa shape index (κ1) is 11.5. The van der Waals surface area contributed by atoms with E-state index in [1.165, 1.54) is 12.8 Å². The van der Waals surface area contributed by atoms with Gasteiger partial charge in [0.15, 0.2) is 0 Å². The minimum atomic E-state index is -0.220. The van der Waals surface area contributed by atoms with Gasteiger partial charge < -0.3 is 0 Å². The minimum Gasteiger partial charge on any atom is -0.299 e. The van der Waals surface area contributed by atoms with Gasteiger partial charge in [0.1, 0.15) is 5.54 Å². The zero-order valence-corrected chi connectivity index (χ0v) is 9.64. The number of nitrogens with zero attached hydrogens (tertiary/aromatic N) is 1. The zero-order chi connectivity index (χ0) is 10.6. The van der Waals surface area contributed by atoms with Crippen LogP contribution in [0.1, 0.15) is 46.5 Å². The third-order valence-electron chi connectivity index (χ3n) is 3.06. The molecular formula is C12H22N2. The highest BCUT2D eigenvalue weighted by atomic mass is 15.0. The summed E-state index contributed by atoms with van der Waals surface area (Å²) >= 11 is 0. The maximum atomic E-state index is 9.26.